The van der Waals surface area contributed by atoms with E-state index in [-0.39, 0.29) is 6.04 Å². The summed E-state index contributed by atoms with van der Waals surface area (Å²) in [4.78, 5) is 6.80. The molecule has 0 aliphatic carbocycles. The van der Waals surface area contributed by atoms with Crippen molar-refractivity contribution < 1.29 is 0 Å². The molecule has 2 N–H and O–H groups in total. The summed E-state index contributed by atoms with van der Waals surface area (Å²) in [5.41, 5.74) is 6.29. The predicted octanol–water partition coefficient (Wildman–Crippen LogP) is 3.09. The summed E-state index contributed by atoms with van der Waals surface area (Å²) in [6.45, 7) is 7.20. The normalized spacial score (nSPS) is 25.8. The maximum atomic E-state index is 6.29. The van der Waals surface area contributed by atoms with Crippen LogP contribution in [0, 0.1) is 0 Å². The number of likely N-dealkylation sites (tertiary alicyclic amines) is 2. The van der Waals surface area contributed by atoms with Gasteiger partial charge >= 0.3 is 0 Å². The Bertz CT molecular complexity index is 404. The molecule has 0 aromatic carbocycles. The van der Waals surface area contributed by atoms with Crippen LogP contribution in [0.3, 0.4) is 0 Å². The minimum Gasteiger partial charge on any atom is -0.326 e. The fourth-order valence-electron chi connectivity index (χ4n) is 4.04. The van der Waals surface area contributed by atoms with Crippen LogP contribution in [0.25, 0.3) is 0 Å². The first kappa shape index (κ1) is 15.5. The van der Waals surface area contributed by atoms with Gasteiger partial charge < -0.3 is 10.6 Å². The van der Waals surface area contributed by atoms with Crippen molar-refractivity contribution >= 4 is 11.3 Å². The third kappa shape index (κ3) is 3.67. The van der Waals surface area contributed by atoms with Gasteiger partial charge in [0.25, 0.3) is 0 Å². The van der Waals surface area contributed by atoms with Crippen LogP contribution in [-0.4, -0.2) is 48.1 Å². The molecular formula is C17H29N3S. The van der Waals surface area contributed by atoms with E-state index >= 15 is 0 Å². The molecule has 21 heavy (non-hydrogen) atoms. The van der Waals surface area contributed by atoms with Gasteiger partial charge in [-0.25, -0.2) is 0 Å². The van der Waals surface area contributed by atoms with E-state index in [0.29, 0.717) is 6.04 Å². The van der Waals surface area contributed by atoms with Crippen LogP contribution < -0.4 is 5.73 Å². The number of nitrogens with two attached hydrogens (primary N) is 1. The summed E-state index contributed by atoms with van der Waals surface area (Å²) in [5.74, 6) is 0. The molecule has 118 valence electrons. The van der Waals surface area contributed by atoms with Crippen LogP contribution in [-0.2, 0) is 0 Å². The first-order chi connectivity index (χ1) is 10.3. The molecule has 2 aliphatic heterocycles. The van der Waals surface area contributed by atoms with Gasteiger partial charge in [-0.15, -0.1) is 11.3 Å². The Labute approximate surface area is 133 Å². The molecule has 2 unspecified atom stereocenters. The van der Waals surface area contributed by atoms with E-state index in [2.05, 4.69) is 34.2 Å². The predicted molar refractivity (Wildman–Crippen MR) is 90.7 cm³/mol. The summed E-state index contributed by atoms with van der Waals surface area (Å²) in [6, 6.07) is 5.83. The summed E-state index contributed by atoms with van der Waals surface area (Å²) < 4.78 is 0. The minimum atomic E-state index is 0.204. The van der Waals surface area contributed by atoms with Gasteiger partial charge in [0.15, 0.2) is 0 Å². The molecule has 0 saturated carbocycles. The molecule has 2 aliphatic rings. The zero-order valence-corrected chi connectivity index (χ0v) is 14.0. The van der Waals surface area contributed by atoms with Crippen molar-refractivity contribution in [3.8, 4) is 0 Å². The molecule has 3 rings (SSSR count). The lowest BCUT2D eigenvalue weighted by molar-refractivity contribution is 0.0672. The van der Waals surface area contributed by atoms with E-state index in [4.69, 9.17) is 5.73 Å². The molecule has 2 atom stereocenters. The molecular weight excluding hydrogens is 278 g/mol. The number of nitrogens with zero attached hydrogens (tertiary/aromatic N) is 2. The van der Waals surface area contributed by atoms with Crippen molar-refractivity contribution in [3.63, 3.8) is 0 Å². The van der Waals surface area contributed by atoms with Crippen LogP contribution in [0.5, 0.6) is 0 Å². The fourth-order valence-corrected chi connectivity index (χ4v) is 5.02. The molecule has 2 fully saturated rings. The maximum absolute atomic E-state index is 6.29. The topological polar surface area (TPSA) is 32.5 Å². The highest BCUT2D eigenvalue weighted by molar-refractivity contribution is 7.10. The minimum absolute atomic E-state index is 0.204. The molecule has 3 nitrogen and oxygen atoms in total. The highest BCUT2D eigenvalue weighted by atomic mass is 32.1. The van der Waals surface area contributed by atoms with Crippen molar-refractivity contribution in [2.45, 2.75) is 57.2 Å². The Morgan fingerprint density at radius 1 is 1.14 bits per heavy atom. The number of thiophene rings is 1. The Hall–Kier alpha value is -0.420. The van der Waals surface area contributed by atoms with Gasteiger partial charge in [0.1, 0.15) is 0 Å². The Kier molecular flexibility index (Phi) is 5.33. The van der Waals surface area contributed by atoms with Gasteiger partial charge in [-0.05, 0) is 57.1 Å². The van der Waals surface area contributed by atoms with Gasteiger partial charge in [-0.1, -0.05) is 12.5 Å². The maximum Gasteiger partial charge on any atom is 0.0590 e. The summed E-state index contributed by atoms with van der Waals surface area (Å²) in [6.07, 6.45) is 6.86. The first-order valence-electron chi connectivity index (χ1n) is 8.53. The Balaban J connectivity index is 1.58. The molecule has 1 aromatic rings. The second kappa shape index (κ2) is 7.23. The quantitative estimate of drug-likeness (QED) is 0.928. The summed E-state index contributed by atoms with van der Waals surface area (Å²) in [7, 11) is 0. The van der Waals surface area contributed by atoms with E-state index < -0.39 is 0 Å². The lowest BCUT2D eigenvalue weighted by atomic mass is 9.97. The highest BCUT2D eigenvalue weighted by Gasteiger charge is 2.31. The van der Waals surface area contributed by atoms with Crippen molar-refractivity contribution in [1.29, 1.82) is 0 Å². The van der Waals surface area contributed by atoms with E-state index in [1.807, 2.05) is 11.3 Å². The zero-order chi connectivity index (χ0) is 14.7. The SMILES string of the molecule is CC(N)C(c1cccs1)N1CCC(N2CCCCC2)CC1. The number of hydrogen-bond acceptors (Lipinski definition) is 4. The molecule has 0 bridgehead atoms. The van der Waals surface area contributed by atoms with Crippen LogP contribution in [0.2, 0.25) is 0 Å². The van der Waals surface area contributed by atoms with E-state index in [1.54, 1.807) is 0 Å². The summed E-state index contributed by atoms with van der Waals surface area (Å²) in [5, 5.41) is 2.17. The Morgan fingerprint density at radius 3 is 2.43 bits per heavy atom. The van der Waals surface area contributed by atoms with Crippen molar-refractivity contribution in [2.24, 2.45) is 5.73 Å². The van der Waals surface area contributed by atoms with Crippen molar-refractivity contribution in [1.82, 2.24) is 9.80 Å². The van der Waals surface area contributed by atoms with Gasteiger partial charge in [-0.3, -0.25) is 4.90 Å². The fraction of sp³-hybridized carbons (Fsp3) is 0.765. The second-order valence-corrected chi connectivity index (χ2v) is 7.66. The lowest BCUT2D eigenvalue weighted by Crippen LogP contribution is -2.49. The van der Waals surface area contributed by atoms with Crippen molar-refractivity contribution in [2.75, 3.05) is 26.2 Å². The molecule has 0 radical (unpaired) electrons. The molecule has 0 amide bonds. The largest absolute Gasteiger partial charge is 0.326 e. The van der Waals surface area contributed by atoms with Crippen LogP contribution in [0.15, 0.2) is 17.5 Å². The van der Waals surface area contributed by atoms with E-state index in [0.717, 1.165) is 6.04 Å². The average molecular weight is 308 g/mol. The van der Waals surface area contributed by atoms with Crippen LogP contribution in [0.4, 0.5) is 0 Å². The molecule has 1 aromatic heterocycles. The molecule has 2 saturated heterocycles. The van der Waals surface area contributed by atoms with Gasteiger partial charge in [0, 0.05) is 30.1 Å². The number of rotatable bonds is 4. The zero-order valence-electron chi connectivity index (χ0n) is 13.2. The highest BCUT2D eigenvalue weighted by Crippen LogP contribution is 2.31. The molecule has 0 spiro atoms. The Morgan fingerprint density at radius 2 is 1.86 bits per heavy atom. The smallest absolute Gasteiger partial charge is 0.0590 e. The van der Waals surface area contributed by atoms with Crippen LogP contribution in [0.1, 0.15) is 49.9 Å². The molecule has 4 heteroatoms. The van der Waals surface area contributed by atoms with E-state index in [1.165, 1.54) is 63.2 Å². The summed E-state index contributed by atoms with van der Waals surface area (Å²) >= 11 is 1.85. The molecule has 3 heterocycles. The van der Waals surface area contributed by atoms with Gasteiger partial charge in [0.05, 0.1) is 6.04 Å². The standard InChI is InChI=1S/C17H29N3S/c1-14(18)17(16-6-5-13-21-16)20-11-7-15(8-12-20)19-9-3-2-4-10-19/h5-6,13-15,17H,2-4,7-12,18H2,1H3. The monoisotopic (exact) mass is 307 g/mol. The van der Waals surface area contributed by atoms with Crippen LogP contribution >= 0.6 is 11.3 Å². The third-order valence-corrected chi connectivity index (χ3v) is 6.08. The first-order valence-corrected chi connectivity index (χ1v) is 9.41. The lowest BCUT2D eigenvalue weighted by Gasteiger charge is -2.43. The second-order valence-electron chi connectivity index (χ2n) is 6.68. The van der Waals surface area contributed by atoms with E-state index in [9.17, 15) is 0 Å². The number of hydrogen-bond donors (Lipinski definition) is 1. The third-order valence-electron chi connectivity index (χ3n) is 5.13. The van der Waals surface area contributed by atoms with Gasteiger partial charge in [-0.2, -0.15) is 0 Å². The van der Waals surface area contributed by atoms with Gasteiger partial charge in [0.2, 0.25) is 0 Å². The average Bonchev–Trinajstić information content (AvgIpc) is 3.03. The van der Waals surface area contributed by atoms with Crippen molar-refractivity contribution in [3.05, 3.63) is 22.4 Å². The number of piperidine rings is 2.